The molecule has 1 heterocycles. The average molecular weight is 545 g/mol. The molecule has 0 saturated carbocycles. The first-order valence-corrected chi connectivity index (χ1v) is 14.0. The molecule has 3 N–H and O–H groups in total. The Morgan fingerprint density at radius 1 is 0.900 bits per heavy atom. The lowest BCUT2D eigenvalue weighted by atomic mass is 9.98. The van der Waals surface area contributed by atoms with Crippen molar-refractivity contribution in [2.45, 2.75) is 64.0 Å². The summed E-state index contributed by atoms with van der Waals surface area (Å²) < 4.78 is 11.3. The number of ether oxygens (including phenoxy) is 2. The molecule has 1 saturated heterocycles. The lowest BCUT2D eigenvalue weighted by Crippen LogP contribution is -2.42. The Morgan fingerprint density at radius 3 is 1.95 bits per heavy atom. The second-order valence-corrected chi connectivity index (χ2v) is 11.2. The first kappa shape index (κ1) is 29.2. The van der Waals surface area contributed by atoms with Crippen LogP contribution >= 0.6 is 0 Å². The quantitative estimate of drug-likeness (QED) is 0.330. The van der Waals surface area contributed by atoms with Gasteiger partial charge in [0.1, 0.15) is 24.0 Å². The Hall–Kier alpha value is -3.84. The van der Waals surface area contributed by atoms with Crippen molar-refractivity contribution in [3.8, 4) is 16.9 Å². The van der Waals surface area contributed by atoms with Gasteiger partial charge in [0, 0.05) is 12.3 Å². The molecule has 7 nitrogen and oxygen atoms in total. The van der Waals surface area contributed by atoms with E-state index in [4.69, 9.17) is 9.47 Å². The summed E-state index contributed by atoms with van der Waals surface area (Å²) in [7, 11) is 0. The summed E-state index contributed by atoms with van der Waals surface area (Å²) in [4.78, 5) is 24.3. The van der Waals surface area contributed by atoms with E-state index in [-0.39, 0.29) is 24.5 Å². The van der Waals surface area contributed by atoms with Crippen LogP contribution in [0.1, 0.15) is 62.6 Å². The molecule has 2 aliphatic rings. The highest BCUT2D eigenvalue weighted by molar-refractivity contribution is 5.81. The number of benzene rings is 3. The molecule has 7 heteroatoms. The molecule has 1 fully saturated rings. The fourth-order valence-corrected chi connectivity index (χ4v) is 5.07. The molecule has 0 spiro atoms. The topological polar surface area (TPSA) is 96.9 Å². The van der Waals surface area contributed by atoms with Gasteiger partial charge in [0.15, 0.2) is 0 Å². The summed E-state index contributed by atoms with van der Waals surface area (Å²) in [5.74, 6) is -0.507. The maximum Gasteiger partial charge on any atom is 0.407 e. The molecule has 5 rings (SSSR count). The molecule has 0 radical (unpaired) electrons. The molecular weight excluding hydrogens is 504 g/mol. The standard InChI is InChI=1S/C28H29NO5.C5H11N/c1-28(2,3)34-19-14-12-18(13-15-19)16-25(26(30)31)29-27(32)33-17-24-22-10-6-4-8-20(22)21-9-5-7-11-23(21)24;1-2-4-6-5-3-1/h4-15,24-25H,16-17H2,1-3H3,(H,29,32)(H,30,31);6H,1-5H2/t25-;/m0./s1. The predicted octanol–water partition coefficient (Wildman–Crippen LogP) is 6.16. The maximum atomic E-state index is 12.5. The van der Waals surface area contributed by atoms with Crippen LogP contribution in [0, 0.1) is 0 Å². The summed E-state index contributed by atoms with van der Waals surface area (Å²) in [6, 6.07) is 22.2. The number of hydrogen-bond acceptors (Lipinski definition) is 5. The largest absolute Gasteiger partial charge is 0.488 e. The number of carbonyl (C=O) groups is 2. The van der Waals surface area contributed by atoms with E-state index in [2.05, 4.69) is 22.8 Å². The second-order valence-electron chi connectivity index (χ2n) is 11.2. The Labute approximate surface area is 236 Å². The van der Waals surface area contributed by atoms with Crippen molar-refractivity contribution in [1.82, 2.24) is 10.6 Å². The fourth-order valence-electron chi connectivity index (χ4n) is 5.07. The number of carboxylic acids is 1. The van der Waals surface area contributed by atoms with Crippen molar-refractivity contribution in [3.05, 3.63) is 89.5 Å². The van der Waals surface area contributed by atoms with Gasteiger partial charge in [-0.25, -0.2) is 9.59 Å². The predicted molar refractivity (Wildman–Crippen MR) is 157 cm³/mol. The molecule has 1 aliphatic carbocycles. The zero-order valence-corrected chi connectivity index (χ0v) is 23.6. The summed E-state index contributed by atoms with van der Waals surface area (Å²) in [6.07, 6.45) is 3.60. The Bertz CT molecular complexity index is 1220. The van der Waals surface area contributed by atoms with Crippen LogP contribution in [-0.4, -0.2) is 48.5 Å². The Balaban J connectivity index is 0.000000546. The lowest BCUT2D eigenvalue weighted by molar-refractivity contribution is -0.139. The van der Waals surface area contributed by atoms with Gasteiger partial charge in [-0.3, -0.25) is 0 Å². The van der Waals surface area contributed by atoms with Crippen LogP contribution in [0.15, 0.2) is 72.8 Å². The number of carbonyl (C=O) groups excluding carboxylic acids is 1. The molecule has 40 heavy (non-hydrogen) atoms. The van der Waals surface area contributed by atoms with Crippen LogP contribution in [0.25, 0.3) is 11.1 Å². The number of alkyl carbamates (subject to hydrolysis) is 1. The molecule has 1 amide bonds. The molecule has 3 aromatic carbocycles. The maximum absolute atomic E-state index is 12.5. The summed E-state index contributed by atoms with van der Waals surface area (Å²) in [6.45, 7) is 8.50. The highest BCUT2D eigenvalue weighted by atomic mass is 16.5. The fraction of sp³-hybridized carbons (Fsp3) is 0.394. The van der Waals surface area contributed by atoms with E-state index in [1.165, 1.54) is 32.4 Å². The molecule has 0 unspecified atom stereocenters. The summed E-state index contributed by atoms with van der Waals surface area (Å²) in [5, 5.41) is 15.4. The third-order valence-corrected chi connectivity index (χ3v) is 6.93. The molecule has 1 aliphatic heterocycles. The summed E-state index contributed by atoms with van der Waals surface area (Å²) >= 11 is 0. The van der Waals surface area contributed by atoms with Crippen LogP contribution in [0.3, 0.4) is 0 Å². The van der Waals surface area contributed by atoms with E-state index >= 15 is 0 Å². The van der Waals surface area contributed by atoms with Crippen molar-refractivity contribution in [3.63, 3.8) is 0 Å². The number of fused-ring (bicyclic) bond motifs is 3. The molecule has 0 bridgehead atoms. The smallest absolute Gasteiger partial charge is 0.407 e. The molecule has 1 atom stereocenters. The van der Waals surface area contributed by atoms with Crippen molar-refractivity contribution >= 4 is 12.1 Å². The molecule has 3 aromatic rings. The third kappa shape index (κ3) is 8.09. The van der Waals surface area contributed by atoms with E-state index in [1.807, 2.05) is 57.2 Å². The highest BCUT2D eigenvalue weighted by Crippen LogP contribution is 2.44. The number of amides is 1. The third-order valence-electron chi connectivity index (χ3n) is 6.93. The van der Waals surface area contributed by atoms with Crippen LogP contribution < -0.4 is 15.4 Å². The van der Waals surface area contributed by atoms with Gasteiger partial charge in [0.05, 0.1) is 0 Å². The number of carboxylic acid groups (broad SMARTS) is 1. The van der Waals surface area contributed by atoms with E-state index in [1.54, 1.807) is 24.3 Å². The van der Waals surface area contributed by atoms with Crippen LogP contribution in [0.4, 0.5) is 4.79 Å². The normalized spacial score (nSPS) is 15.1. The van der Waals surface area contributed by atoms with E-state index < -0.39 is 18.1 Å². The van der Waals surface area contributed by atoms with E-state index in [0.29, 0.717) is 5.75 Å². The lowest BCUT2D eigenvalue weighted by Gasteiger charge is -2.21. The van der Waals surface area contributed by atoms with E-state index in [9.17, 15) is 14.7 Å². The number of rotatable bonds is 7. The number of piperidine rings is 1. The monoisotopic (exact) mass is 544 g/mol. The highest BCUT2D eigenvalue weighted by Gasteiger charge is 2.29. The van der Waals surface area contributed by atoms with Crippen molar-refractivity contribution < 1.29 is 24.2 Å². The first-order valence-electron chi connectivity index (χ1n) is 14.0. The van der Waals surface area contributed by atoms with Gasteiger partial charge in [-0.05, 0) is 86.7 Å². The Morgan fingerprint density at radius 2 is 1.48 bits per heavy atom. The average Bonchev–Trinajstić information content (AvgIpc) is 3.26. The minimum absolute atomic E-state index is 0.0863. The molecule has 0 aromatic heterocycles. The van der Waals surface area contributed by atoms with Crippen molar-refractivity contribution in [2.24, 2.45) is 0 Å². The first-order chi connectivity index (χ1) is 19.2. The van der Waals surface area contributed by atoms with Crippen LogP contribution in [0.5, 0.6) is 5.75 Å². The summed E-state index contributed by atoms with van der Waals surface area (Å²) in [5.41, 5.74) is 4.92. The van der Waals surface area contributed by atoms with Gasteiger partial charge in [-0.2, -0.15) is 0 Å². The SMILES string of the molecule is C1CCNCC1.CC(C)(C)Oc1ccc(C[C@H](NC(=O)OCC2c3ccccc3-c3ccccc32)C(=O)O)cc1. The van der Waals surface area contributed by atoms with Crippen LogP contribution in [-0.2, 0) is 16.0 Å². The Kier molecular flexibility index (Phi) is 9.83. The van der Waals surface area contributed by atoms with Crippen LogP contribution in [0.2, 0.25) is 0 Å². The minimum atomic E-state index is -1.12. The second kappa shape index (κ2) is 13.5. The minimum Gasteiger partial charge on any atom is -0.488 e. The van der Waals surface area contributed by atoms with Gasteiger partial charge in [0.25, 0.3) is 0 Å². The van der Waals surface area contributed by atoms with Gasteiger partial charge >= 0.3 is 12.1 Å². The van der Waals surface area contributed by atoms with Gasteiger partial charge < -0.3 is 25.2 Å². The van der Waals surface area contributed by atoms with E-state index in [0.717, 1.165) is 27.8 Å². The van der Waals surface area contributed by atoms with Gasteiger partial charge in [-0.15, -0.1) is 0 Å². The molecular formula is C33H40N2O5. The van der Waals surface area contributed by atoms with Gasteiger partial charge in [-0.1, -0.05) is 67.1 Å². The molecule has 212 valence electrons. The number of aliphatic carboxylic acids is 1. The van der Waals surface area contributed by atoms with Crippen molar-refractivity contribution in [1.29, 1.82) is 0 Å². The zero-order valence-electron chi connectivity index (χ0n) is 23.6. The van der Waals surface area contributed by atoms with Crippen molar-refractivity contribution in [2.75, 3.05) is 19.7 Å². The number of hydrogen-bond donors (Lipinski definition) is 3. The zero-order chi connectivity index (χ0) is 28.5. The van der Waals surface area contributed by atoms with Gasteiger partial charge in [0.2, 0.25) is 0 Å². The number of nitrogens with one attached hydrogen (secondary N) is 2.